The lowest BCUT2D eigenvalue weighted by atomic mass is 9.95. The highest BCUT2D eigenvalue weighted by molar-refractivity contribution is 5.95. The minimum Gasteiger partial charge on any atom is -0.493 e. The Labute approximate surface area is 245 Å². The third-order valence-electron chi connectivity index (χ3n) is 6.14. The van der Waals surface area contributed by atoms with E-state index in [9.17, 15) is 14.7 Å². The summed E-state index contributed by atoms with van der Waals surface area (Å²) in [7, 11) is 2.84. The first-order valence-corrected chi connectivity index (χ1v) is 13.4. The molecule has 1 aliphatic heterocycles. The van der Waals surface area contributed by atoms with Crippen LogP contribution in [0.2, 0.25) is 0 Å². The molecule has 0 aliphatic carbocycles. The van der Waals surface area contributed by atoms with E-state index in [-0.39, 0.29) is 12.2 Å². The average Bonchev–Trinajstić information content (AvgIpc) is 2.97. The molecule has 0 fully saturated rings. The van der Waals surface area contributed by atoms with Gasteiger partial charge >= 0.3 is 12.0 Å². The molecule has 1 heterocycles. The lowest BCUT2D eigenvalue weighted by molar-refractivity contribution is -0.136. The highest BCUT2D eigenvalue weighted by Gasteiger charge is 2.32. The van der Waals surface area contributed by atoms with Crippen LogP contribution in [0.3, 0.4) is 0 Å². The molecule has 3 rings (SSSR count). The molecule has 12 heteroatoms. The molecular formula is C30H38N4O8. The van der Waals surface area contributed by atoms with Gasteiger partial charge in [0.2, 0.25) is 0 Å². The fraction of sp³-hybridized carbons (Fsp3) is 0.367. The highest BCUT2D eigenvalue weighted by Crippen LogP contribution is 2.35. The molecule has 226 valence electrons. The normalized spacial score (nSPS) is 15.4. The number of aliphatic hydroxyl groups excluding tert-OH is 1. The van der Waals surface area contributed by atoms with E-state index in [1.54, 1.807) is 50.6 Å². The molecule has 2 aromatic rings. The third kappa shape index (κ3) is 7.94. The Balaban J connectivity index is 1.71. The summed E-state index contributed by atoms with van der Waals surface area (Å²) in [6.45, 7) is 9.82. The number of hydrogen-bond donors (Lipinski definition) is 4. The predicted molar refractivity (Wildman–Crippen MR) is 157 cm³/mol. The molecule has 0 bridgehead atoms. The van der Waals surface area contributed by atoms with Gasteiger partial charge < -0.3 is 39.4 Å². The van der Waals surface area contributed by atoms with E-state index in [4.69, 9.17) is 23.7 Å². The monoisotopic (exact) mass is 582 g/mol. The van der Waals surface area contributed by atoms with Gasteiger partial charge in [-0.3, -0.25) is 5.43 Å². The Morgan fingerprint density at radius 2 is 1.88 bits per heavy atom. The smallest absolute Gasteiger partial charge is 0.337 e. The zero-order chi connectivity index (χ0) is 30.6. The van der Waals surface area contributed by atoms with Gasteiger partial charge in [0.25, 0.3) is 0 Å². The zero-order valence-corrected chi connectivity index (χ0v) is 24.5. The molecular weight excluding hydrogens is 544 g/mol. The number of nitrogens with zero attached hydrogens (tertiary/aromatic N) is 1. The number of hydrogen-bond acceptors (Lipinski definition) is 10. The van der Waals surface area contributed by atoms with Gasteiger partial charge in [-0.05, 0) is 62.6 Å². The van der Waals surface area contributed by atoms with Gasteiger partial charge in [-0.25, -0.2) is 9.59 Å². The van der Waals surface area contributed by atoms with Gasteiger partial charge in [0.05, 0.1) is 45.3 Å². The Morgan fingerprint density at radius 1 is 1.12 bits per heavy atom. The summed E-state index contributed by atoms with van der Waals surface area (Å²) < 4.78 is 27.7. The number of methoxy groups -OCH3 is 2. The molecule has 0 saturated carbocycles. The van der Waals surface area contributed by atoms with Gasteiger partial charge in [0.15, 0.2) is 29.2 Å². The summed E-state index contributed by atoms with van der Waals surface area (Å²) >= 11 is 0. The van der Waals surface area contributed by atoms with Crippen molar-refractivity contribution in [3.63, 3.8) is 0 Å². The molecule has 2 amide bonds. The summed E-state index contributed by atoms with van der Waals surface area (Å²) in [5.74, 6) is 1.39. The number of ether oxygens (including phenoxy) is 5. The standard InChI is InChI=1S/C30H38N4O8/c1-7-10-21-13-19(14-24(38-5)28(21)41-9-3)16-31-34-25(35)17-42-22-12-11-20(15-23(22)40-8-2)27-26(29(36)39-6)18(4)32-30(37)33-27/h7,11-16,25,27,34-35H,1,8-10,17H2,2-6H3,(H2,32,33,37)/b31-16-/t25-,27-/m0/s1. The maximum Gasteiger partial charge on any atom is 0.337 e. The number of amides is 2. The topological polar surface area (TPSA) is 149 Å². The van der Waals surface area contributed by atoms with Crippen molar-refractivity contribution in [3.05, 3.63) is 70.9 Å². The maximum absolute atomic E-state index is 12.4. The number of carbonyl (C=O) groups excluding carboxylic acids is 2. The fourth-order valence-corrected chi connectivity index (χ4v) is 4.34. The van der Waals surface area contributed by atoms with Crippen molar-refractivity contribution in [1.29, 1.82) is 0 Å². The molecule has 4 N–H and O–H groups in total. The van der Waals surface area contributed by atoms with Crippen LogP contribution >= 0.6 is 0 Å². The quantitative estimate of drug-likeness (QED) is 0.0816. The molecule has 2 atom stereocenters. The third-order valence-corrected chi connectivity index (χ3v) is 6.14. The molecule has 0 spiro atoms. The van der Waals surface area contributed by atoms with Gasteiger partial charge in [-0.1, -0.05) is 12.1 Å². The first-order chi connectivity index (χ1) is 20.3. The van der Waals surface area contributed by atoms with Crippen molar-refractivity contribution in [2.45, 2.75) is 39.5 Å². The van der Waals surface area contributed by atoms with Crippen molar-refractivity contribution in [2.75, 3.05) is 34.0 Å². The second kappa shape index (κ2) is 15.3. The summed E-state index contributed by atoms with van der Waals surface area (Å²) in [6.07, 6.45) is 2.77. The van der Waals surface area contributed by atoms with Crippen LogP contribution < -0.4 is 35.0 Å². The van der Waals surface area contributed by atoms with E-state index in [2.05, 4.69) is 27.7 Å². The summed E-state index contributed by atoms with van der Waals surface area (Å²) in [4.78, 5) is 24.6. The number of benzene rings is 2. The molecule has 0 unspecified atom stereocenters. The molecule has 12 nitrogen and oxygen atoms in total. The second-order valence-electron chi connectivity index (χ2n) is 9.05. The molecule has 0 aromatic heterocycles. The van der Waals surface area contributed by atoms with Crippen LogP contribution in [0.4, 0.5) is 4.79 Å². The number of carbonyl (C=O) groups is 2. The summed E-state index contributed by atoms with van der Waals surface area (Å²) in [5, 5.41) is 19.9. The van der Waals surface area contributed by atoms with Crippen molar-refractivity contribution in [3.8, 4) is 23.0 Å². The van der Waals surface area contributed by atoms with Gasteiger partial charge in [-0.15, -0.1) is 6.58 Å². The van der Waals surface area contributed by atoms with Crippen LogP contribution in [0.1, 0.15) is 43.5 Å². The number of aliphatic hydroxyl groups is 1. The van der Waals surface area contributed by atoms with Crippen molar-refractivity contribution in [1.82, 2.24) is 16.1 Å². The lowest BCUT2D eigenvalue weighted by Crippen LogP contribution is -2.45. The largest absolute Gasteiger partial charge is 0.493 e. The van der Waals surface area contributed by atoms with Crippen LogP contribution in [-0.4, -0.2) is 63.6 Å². The van der Waals surface area contributed by atoms with Gasteiger partial charge in [-0.2, -0.15) is 5.10 Å². The minimum absolute atomic E-state index is 0.151. The van der Waals surface area contributed by atoms with Gasteiger partial charge in [0.1, 0.15) is 6.61 Å². The van der Waals surface area contributed by atoms with E-state index in [0.29, 0.717) is 53.9 Å². The molecule has 0 saturated heterocycles. The Morgan fingerprint density at radius 3 is 2.55 bits per heavy atom. The van der Waals surface area contributed by atoms with E-state index in [1.165, 1.54) is 7.11 Å². The van der Waals surface area contributed by atoms with Crippen LogP contribution in [0.25, 0.3) is 0 Å². The molecule has 0 radical (unpaired) electrons. The van der Waals surface area contributed by atoms with E-state index < -0.39 is 24.3 Å². The number of rotatable bonds is 15. The summed E-state index contributed by atoms with van der Waals surface area (Å²) in [5.41, 5.74) is 5.52. The van der Waals surface area contributed by atoms with Crippen molar-refractivity contribution < 1.29 is 38.4 Å². The first kappa shape index (κ1) is 31.8. The minimum atomic E-state index is -1.15. The number of allylic oxidation sites excluding steroid dienone is 2. The fourth-order valence-electron chi connectivity index (χ4n) is 4.34. The van der Waals surface area contributed by atoms with Crippen molar-refractivity contribution >= 4 is 18.2 Å². The van der Waals surface area contributed by atoms with Crippen LogP contribution in [0.15, 0.2) is 59.4 Å². The molecule has 42 heavy (non-hydrogen) atoms. The van der Waals surface area contributed by atoms with E-state index in [1.807, 2.05) is 19.9 Å². The van der Waals surface area contributed by atoms with E-state index in [0.717, 1.165) is 11.1 Å². The molecule has 1 aliphatic rings. The van der Waals surface area contributed by atoms with Crippen LogP contribution in [-0.2, 0) is 16.0 Å². The molecule has 2 aromatic carbocycles. The Bertz CT molecular complexity index is 1340. The maximum atomic E-state index is 12.4. The second-order valence-corrected chi connectivity index (χ2v) is 9.05. The van der Waals surface area contributed by atoms with E-state index >= 15 is 0 Å². The van der Waals surface area contributed by atoms with Crippen LogP contribution in [0, 0.1) is 0 Å². The number of esters is 1. The first-order valence-electron chi connectivity index (χ1n) is 13.4. The number of nitrogens with one attached hydrogen (secondary N) is 3. The number of urea groups is 1. The Kier molecular flexibility index (Phi) is 11.6. The van der Waals surface area contributed by atoms with Crippen LogP contribution in [0.5, 0.6) is 23.0 Å². The number of hydrazone groups is 1. The summed E-state index contributed by atoms with van der Waals surface area (Å²) in [6, 6.07) is 7.50. The van der Waals surface area contributed by atoms with Gasteiger partial charge in [0, 0.05) is 11.3 Å². The predicted octanol–water partition coefficient (Wildman–Crippen LogP) is 3.34. The SMILES string of the molecule is C=CCc1cc(/C=N\N[C@@H](O)COc2ccc([C@@H]3NC(=O)NC(C)=C3C(=O)OC)cc2OCC)cc(OC)c1OCC. The zero-order valence-electron chi connectivity index (χ0n) is 24.5. The Hall–Kier alpha value is -4.71. The highest BCUT2D eigenvalue weighted by atomic mass is 16.5. The lowest BCUT2D eigenvalue weighted by Gasteiger charge is -2.28. The van der Waals surface area contributed by atoms with Crippen molar-refractivity contribution in [2.24, 2.45) is 5.10 Å². The average molecular weight is 583 g/mol.